The Labute approximate surface area is 91.7 Å². The number of aliphatic hydroxyl groups is 1. The van der Waals surface area contributed by atoms with Gasteiger partial charge in [0.05, 0.1) is 27.7 Å². The predicted molar refractivity (Wildman–Crippen MR) is 65.3 cm³/mol. The van der Waals surface area contributed by atoms with E-state index in [2.05, 4.69) is 21.1 Å². The van der Waals surface area contributed by atoms with Crippen LogP contribution in [0.4, 0.5) is 11.4 Å². The molecule has 4 heteroatoms. The van der Waals surface area contributed by atoms with Crippen molar-refractivity contribution in [2.75, 3.05) is 45.8 Å². The Morgan fingerprint density at radius 2 is 1.33 bits per heavy atom. The third-order valence-corrected chi connectivity index (χ3v) is 1.71. The number of nitrogen functional groups attached to an aromatic ring is 2. The monoisotopic (exact) mass is 212 g/mol. The van der Waals surface area contributed by atoms with Crippen LogP contribution in [0.15, 0.2) is 24.3 Å². The van der Waals surface area contributed by atoms with Gasteiger partial charge < -0.3 is 21.1 Å². The average Bonchev–Trinajstić information content (AvgIpc) is 2.09. The Bertz CT molecular complexity index is 243. The highest BCUT2D eigenvalue weighted by atomic mass is 16.3. The molecule has 0 atom stereocenters. The third kappa shape index (κ3) is 9.05. The van der Waals surface area contributed by atoms with E-state index in [9.17, 15) is 0 Å². The first-order chi connectivity index (χ1) is 6.85. The molecule has 0 heterocycles. The van der Waals surface area contributed by atoms with Crippen LogP contribution in [0.3, 0.4) is 0 Å². The first-order valence-electron chi connectivity index (χ1n) is 4.87. The molecule has 0 bridgehead atoms. The van der Waals surface area contributed by atoms with Crippen LogP contribution in [0, 0.1) is 0 Å². The van der Waals surface area contributed by atoms with Crippen molar-refractivity contribution in [3.8, 4) is 0 Å². The fourth-order valence-corrected chi connectivity index (χ4v) is 0.796. The fourth-order valence-electron chi connectivity index (χ4n) is 0.796. The van der Waals surface area contributed by atoms with Gasteiger partial charge in [-0.15, -0.1) is 0 Å². The molecule has 0 aliphatic heterocycles. The average molecular weight is 212 g/mol. The SMILES string of the molecule is C[N+](C)(C)CCO.Nc1ccc(N)cc1. The van der Waals surface area contributed by atoms with E-state index in [1.165, 1.54) is 0 Å². The Hall–Kier alpha value is -1.26. The van der Waals surface area contributed by atoms with Gasteiger partial charge in [0, 0.05) is 11.4 Å². The second-order valence-electron chi connectivity index (χ2n) is 4.40. The Morgan fingerprint density at radius 1 is 1.00 bits per heavy atom. The first kappa shape index (κ1) is 13.7. The number of likely N-dealkylation sites (N-methyl/N-ethyl adjacent to an activating group) is 1. The lowest BCUT2D eigenvalue weighted by atomic mass is 10.3. The van der Waals surface area contributed by atoms with Crippen molar-refractivity contribution in [3.05, 3.63) is 24.3 Å². The van der Waals surface area contributed by atoms with Gasteiger partial charge in [0.2, 0.25) is 0 Å². The van der Waals surface area contributed by atoms with E-state index in [1.54, 1.807) is 24.3 Å². The molecule has 1 rings (SSSR count). The van der Waals surface area contributed by atoms with Crippen molar-refractivity contribution in [1.82, 2.24) is 0 Å². The maximum Gasteiger partial charge on any atom is 0.101 e. The van der Waals surface area contributed by atoms with Crippen LogP contribution in [-0.4, -0.2) is 43.9 Å². The van der Waals surface area contributed by atoms with E-state index in [4.69, 9.17) is 16.6 Å². The number of nitrogens with zero attached hydrogens (tertiary/aromatic N) is 1. The molecule has 0 aliphatic rings. The zero-order valence-electron chi connectivity index (χ0n) is 9.77. The maximum absolute atomic E-state index is 8.39. The van der Waals surface area contributed by atoms with Crippen molar-refractivity contribution in [3.63, 3.8) is 0 Å². The summed E-state index contributed by atoms with van der Waals surface area (Å²) >= 11 is 0. The van der Waals surface area contributed by atoms with Crippen LogP contribution in [-0.2, 0) is 0 Å². The van der Waals surface area contributed by atoms with E-state index in [-0.39, 0.29) is 6.61 Å². The number of anilines is 2. The topological polar surface area (TPSA) is 72.3 Å². The minimum absolute atomic E-state index is 0.281. The summed E-state index contributed by atoms with van der Waals surface area (Å²) in [6.45, 7) is 1.11. The summed E-state index contributed by atoms with van der Waals surface area (Å²) in [4.78, 5) is 0. The Morgan fingerprint density at radius 3 is 1.47 bits per heavy atom. The lowest BCUT2D eigenvalue weighted by Gasteiger charge is -2.21. The van der Waals surface area contributed by atoms with Gasteiger partial charge in [0.1, 0.15) is 6.54 Å². The molecule has 4 nitrogen and oxygen atoms in total. The molecule has 1 aromatic carbocycles. The number of rotatable bonds is 2. The molecular weight excluding hydrogens is 190 g/mol. The van der Waals surface area contributed by atoms with Crippen molar-refractivity contribution in [2.45, 2.75) is 0 Å². The second kappa shape index (κ2) is 6.27. The van der Waals surface area contributed by atoms with Gasteiger partial charge in [-0.25, -0.2) is 0 Å². The summed E-state index contributed by atoms with van der Waals surface area (Å²) in [5.41, 5.74) is 12.2. The minimum atomic E-state index is 0.281. The Kier molecular flexibility index (Phi) is 5.74. The van der Waals surface area contributed by atoms with Crippen molar-refractivity contribution >= 4 is 11.4 Å². The lowest BCUT2D eigenvalue weighted by molar-refractivity contribution is -0.870. The second-order valence-corrected chi connectivity index (χ2v) is 4.40. The molecule has 0 unspecified atom stereocenters. The van der Waals surface area contributed by atoms with Crippen molar-refractivity contribution in [1.29, 1.82) is 0 Å². The van der Waals surface area contributed by atoms with Gasteiger partial charge in [-0.2, -0.15) is 0 Å². The highest BCUT2D eigenvalue weighted by Gasteiger charge is 2.02. The van der Waals surface area contributed by atoms with Crippen LogP contribution in [0.25, 0.3) is 0 Å². The molecule has 0 saturated carbocycles. The number of hydrogen-bond acceptors (Lipinski definition) is 3. The van der Waals surface area contributed by atoms with E-state index in [0.717, 1.165) is 22.4 Å². The zero-order valence-corrected chi connectivity index (χ0v) is 9.77. The standard InChI is InChI=1S/C6H8N2.C5H14NO/c7-5-1-2-6(8)4-3-5;1-6(2,3)4-5-7/h1-4H,7-8H2;7H,4-5H2,1-3H3/q;+1. The van der Waals surface area contributed by atoms with Gasteiger partial charge in [-0.3, -0.25) is 0 Å². The minimum Gasteiger partial charge on any atom is -0.399 e. The van der Waals surface area contributed by atoms with Crippen LogP contribution in [0.1, 0.15) is 0 Å². The molecule has 0 saturated heterocycles. The maximum atomic E-state index is 8.39. The molecule has 5 N–H and O–H groups in total. The van der Waals surface area contributed by atoms with Gasteiger partial charge >= 0.3 is 0 Å². The number of aliphatic hydroxyl groups excluding tert-OH is 1. The van der Waals surface area contributed by atoms with E-state index >= 15 is 0 Å². The highest BCUT2D eigenvalue weighted by Crippen LogP contribution is 2.04. The molecular formula is C11H22N3O+. The summed E-state index contributed by atoms with van der Waals surface area (Å²) in [6.07, 6.45) is 0. The quantitative estimate of drug-likeness (QED) is 0.495. The highest BCUT2D eigenvalue weighted by molar-refractivity contribution is 5.47. The number of quaternary nitrogens is 1. The number of hydrogen-bond donors (Lipinski definition) is 3. The predicted octanol–water partition coefficient (Wildman–Crippen LogP) is 0.536. The smallest absolute Gasteiger partial charge is 0.101 e. The van der Waals surface area contributed by atoms with Gasteiger partial charge in [0.25, 0.3) is 0 Å². The summed E-state index contributed by atoms with van der Waals surface area (Å²) < 4.78 is 0.844. The molecule has 15 heavy (non-hydrogen) atoms. The molecule has 0 aliphatic carbocycles. The number of nitrogens with two attached hydrogens (primary N) is 2. The van der Waals surface area contributed by atoms with Crippen molar-refractivity contribution < 1.29 is 9.59 Å². The molecule has 0 radical (unpaired) electrons. The van der Waals surface area contributed by atoms with Crippen molar-refractivity contribution in [2.24, 2.45) is 0 Å². The molecule has 0 amide bonds. The first-order valence-corrected chi connectivity index (χ1v) is 4.87. The summed E-state index contributed by atoms with van der Waals surface area (Å²) in [5.74, 6) is 0. The van der Waals surface area contributed by atoms with E-state index in [1.807, 2.05) is 0 Å². The Balaban J connectivity index is 0.000000265. The molecule has 1 aromatic rings. The van der Waals surface area contributed by atoms with Crippen LogP contribution in [0.5, 0.6) is 0 Å². The van der Waals surface area contributed by atoms with Crippen LogP contribution >= 0.6 is 0 Å². The van der Waals surface area contributed by atoms with E-state index < -0.39 is 0 Å². The van der Waals surface area contributed by atoms with Crippen LogP contribution in [0.2, 0.25) is 0 Å². The van der Waals surface area contributed by atoms with Gasteiger partial charge in [0.15, 0.2) is 0 Å². The lowest BCUT2D eigenvalue weighted by Crippen LogP contribution is -2.36. The third-order valence-electron chi connectivity index (χ3n) is 1.71. The fraction of sp³-hybridized carbons (Fsp3) is 0.455. The largest absolute Gasteiger partial charge is 0.399 e. The van der Waals surface area contributed by atoms with Gasteiger partial charge in [-0.1, -0.05) is 0 Å². The van der Waals surface area contributed by atoms with Gasteiger partial charge in [-0.05, 0) is 24.3 Å². The molecule has 0 spiro atoms. The molecule has 86 valence electrons. The molecule has 0 aromatic heterocycles. The summed E-state index contributed by atoms with van der Waals surface area (Å²) in [7, 11) is 6.16. The zero-order chi connectivity index (χ0) is 11.9. The number of benzene rings is 1. The van der Waals surface area contributed by atoms with E-state index in [0.29, 0.717) is 0 Å². The normalized spacial score (nSPS) is 10.4. The van der Waals surface area contributed by atoms with Crippen LogP contribution < -0.4 is 11.5 Å². The summed E-state index contributed by atoms with van der Waals surface area (Å²) in [6, 6.07) is 7.09. The molecule has 0 fully saturated rings. The summed E-state index contributed by atoms with van der Waals surface area (Å²) in [5, 5.41) is 8.39.